The first-order chi connectivity index (χ1) is 7.54. The van der Waals surface area contributed by atoms with Gasteiger partial charge in [0.05, 0.1) is 11.9 Å². The predicted octanol–water partition coefficient (Wildman–Crippen LogP) is 1.25. The molecule has 2 atom stereocenters. The van der Waals surface area contributed by atoms with Gasteiger partial charge in [0.1, 0.15) is 0 Å². The first-order valence-corrected chi connectivity index (χ1v) is 6.43. The fourth-order valence-corrected chi connectivity index (χ4v) is 2.54. The molecule has 3 N–H and O–H groups in total. The van der Waals surface area contributed by atoms with E-state index in [0.717, 1.165) is 11.6 Å². The largest absolute Gasteiger partial charge is 0.395 e. The highest BCUT2D eigenvalue weighted by molar-refractivity contribution is 7.99. The van der Waals surface area contributed by atoms with E-state index in [1.807, 2.05) is 17.8 Å². The van der Waals surface area contributed by atoms with E-state index in [4.69, 9.17) is 5.73 Å². The zero-order valence-electron chi connectivity index (χ0n) is 10.1. The third-order valence-electron chi connectivity index (χ3n) is 2.43. The van der Waals surface area contributed by atoms with Crippen LogP contribution in [0.3, 0.4) is 0 Å². The van der Waals surface area contributed by atoms with Crippen LogP contribution in [0.2, 0.25) is 0 Å². The number of imidazole rings is 1. The Morgan fingerprint density at radius 1 is 1.56 bits per heavy atom. The van der Waals surface area contributed by atoms with Crippen molar-refractivity contribution in [3.8, 4) is 0 Å². The standard InChI is InChI=1S/C11H21N3OS/c1-8(2)6-9(12)10(7-15)16-11-13-4-5-14(11)3/h4-5,8-10,15H,6-7,12H2,1-3H3. The molecule has 0 aromatic carbocycles. The fourth-order valence-electron chi connectivity index (χ4n) is 1.56. The SMILES string of the molecule is CC(C)CC(N)C(CO)Sc1nccn1C. The van der Waals surface area contributed by atoms with Crippen LogP contribution in [0.25, 0.3) is 0 Å². The van der Waals surface area contributed by atoms with Gasteiger partial charge in [-0.05, 0) is 12.3 Å². The number of aryl methyl sites for hydroxylation is 1. The van der Waals surface area contributed by atoms with E-state index in [2.05, 4.69) is 18.8 Å². The molecule has 0 saturated heterocycles. The summed E-state index contributed by atoms with van der Waals surface area (Å²) in [6, 6.07) is 0.00620. The highest BCUT2D eigenvalue weighted by atomic mass is 32.2. The van der Waals surface area contributed by atoms with Crippen LogP contribution in [0, 0.1) is 5.92 Å². The van der Waals surface area contributed by atoms with Crippen molar-refractivity contribution in [2.45, 2.75) is 36.7 Å². The van der Waals surface area contributed by atoms with Crippen molar-refractivity contribution in [2.24, 2.45) is 18.7 Å². The van der Waals surface area contributed by atoms with Crippen molar-refractivity contribution in [1.82, 2.24) is 9.55 Å². The molecule has 92 valence electrons. The van der Waals surface area contributed by atoms with Crippen molar-refractivity contribution < 1.29 is 5.11 Å². The van der Waals surface area contributed by atoms with E-state index in [1.165, 1.54) is 0 Å². The van der Waals surface area contributed by atoms with Gasteiger partial charge in [-0.15, -0.1) is 0 Å². The quantitative estimate of drug-likeness (QED) is 0.738. The van der Waals surface area contributed by atoms with Gasteiger partial charge in [-0.25, -0.2) is 4.98 Å². The van der Waals surface area contributed by atoms with E-state index in [-0.39, 0.29) is 17.9 Å². The molecule has 0 radical (unpaired) electrons. The average molecular weight is 243 g/mol. The Morgan fingerprint density at radius 3 is 2.69 bits per heavy atom. The van der Waals surface area contributed by atoms with Gasteiger partial charge in [0.2, 0.25) is 0 Å². The Bertz CT molecular complexity index is 314. The maximum Gasteiger partial charge on any atom is 0.168 e. The van der Waals surface area contributed by atoms with E-state index in [0.29, 0.717) is 5.92 Å². The zero-order valence-corrected chi connectivity index (χ0v) is 10.9. The lowest BCUT2D eigenvalue weighted by Crippen LogP contribution is -2.36. The maximum absolute atomic E-state index is 9.36. The summed E-state index contributed by atoms with van der Waals surface area (Å²) in [5.74, 6) is 0.547. The second-order valence-corrected chi connectivity index (χ2v) is 5.66. The van der Waals surface area contributed by atoms with Crippen LogP contribution in [0.15, 0.2) is 17.6 Å². The normalized spacial score (nSPS) is 15.4. The average Bonchev–Trinajstić information content (AvgIpc) is 2.59. The van der Waals surface area contributed by atoms with Crippen LogP contribution >= 0.6 is 11.8 Å². The zero-order chi connectivity index (χ0) is 12.1. The van der Waals surface area contributed by atoms with E-state index in [9.17, 15) is 5.11 Å². The van der Waals surface area contributed by atoms with Crippen LogP contribution in [-0.2, 0) is 7.05 Å². The van der Waals surface area contributed by atoms with E-state index < -0.39 is 0 Å². The molecular formula is C11H21N3OS. The number of thioether (sulfide) groups is 1. The summed E-state index contributed by atoms with van der Waals surface area (Å²) in [5, 5.41) is 10.3. The van der Waals surface area contributed by atoms with E-state index in [1.54, 1.807) is 18.0 Å². The molecule has 4 nitrogen and oxygen atoms in total. The minimum Gasteiger partial charge on any atom is -0.395 e. The fraction of sp³-hybridized carbons (Fsp3) is 0.727. The summed E-state index contributed by atoms with van der Waals surface area (Å²) in [6.07, 6.45) is 4.57. The predicted molar refractivity (Wildman–Crippen MR) is 67.4 cm³/mol. The van der Waals surface area contributed by atoms with Crippen LogP contribution in [-0.4, -0.2) is 32.6 Å². The van der Waals surface area contributed by atoms with Gasteiger partial charge in [0, 0.05) is 25.5 Å². The van der Waals surface area contributed by atoms with Gasteiger partial charge in [0.15, 0.2) is 5.16 Å². The summed E-state index contributed by atoms with van der Waals surface area (Å²) in [7, 11) is 1.94. The number of aliphatic hydroxyl groups is 1. The molecule has 0 saturated carbocycles. The molecule has 1 aromatic heterocycles. The summed E-state index contributed by atoms with van der Waals surface area (Å²) < 4.78 is 1.94. The number of rotatable bonds is 6. The number of aromatic nitrogens is 2. The molecule has 1 aromatic rings. The molecule has 0 aliphatic heterocycles. The van der Waals surface area contributed by atoms with E-state index >= 15 is 0 Å². The molecule has 0 aliphatic carbocycles. The Morgan fingerprint density at radius 2 is 2.25 bits per heavy atom. The highest BCUT2D eigenvalue weighted by Crippen LogP contribution is 2.24. The molecule has 1 heterocycles. The summed E-state index contributed by atoms with van der Waals surface area (Å²) in [6.45, 7) is 4.37. The molecule has 0 bridgehead atoms. The van der Waals surface area contributed by atoms with Crippen LogP contribution in [0.4, 0.5) is 0 Å². The van der Waals surface area contributed by atoms with Crippen molar-refractivity contribution in [3.05, 3.63) is 12.4 Å². The Balaban J connectivity index is 2.58. The Hall–Kier alpha value is -0.520. The molecule has 0 fully saturated rings. The minimum atomic E-state index is 0.00620. The van der Waals surface area contributed by atoms with Gasteiger partial charge < -0.3 is 15.4 Å². The Kier molecular flexibility index (Phi) is 5.31. The minimum absolute atomic E-state index is 0.00620. The molecular weight excluding hydrogens is 222 g/mol. The lowest BCUT2D eigenvalue weighted by atomic mass is 10.0. The van der Waals surface area contributed by atoms with Gasteiger partial charge in [-0.3, -0.25) is 0 Å². The monoisotopic (exact) mass is 243 g/mol. The topological polar surface area (TPSA) is 64.1 Å². The van der Waals surface area contributed by atoms with Crippen molar-refractivity contribution in [1.29, 1.82) is 0 Å². The molecule has 1 rings (SSSR count). The van der Waals surface area contributed by atoms with Gasteiger partial charge in [0.25, 0.3) is 0 Å². The molecule has 2 unspecified atom stereocenters. The third kappa shape index (κ3) is 3.81. The van der Waals surface area contributed by atoms with Gasteiger partial charge in [-0.2, -0.15) is 0 Å². The summed E-state index contributed by atoms with van der Waals surface area (Å²) in [4.78, 5) is 4.22. The first kappa shape index (κ1) is 13.5. The number of aliphatic hydroxyl groups excluding tert-OH is 1. The molecule has 5 heteroatoms. The van der Waals surface area contributed by atoms with Crippen LogP contribution < -0.4 is 5.73 Å². The number of hydrogen-bond donors (Lipinski definition) is 2. The van der Waals surface area contributed by atoms with Crippen LogP contribution in [0.5, 0.6) is 0 Å². The third-order valence-corrected chi connectivity index (χ3v) is 3.84. The molecule has 0 aliphatic rings. The lowest BCUT2D eigenvalue weighted by Gasteiger charge is -2.22. The summed E-state index contributed by atoms with van der Waals surface area (Å²) >= 11 is 1.55. The summed E-state index contributed by atoms with van der Waals surface area (Å²) in [5.41, 5.74) is 6.08. The highest BCUT2D eigenvalue weighted by Gasteiger charge is 2.20. The maximum atomic E-state index is 9.36. The second kappa shape index (κ2) is 6.27. The second-order valence-electron chi connectivity index (χ2n) is 4.45. The first-order valence-electron chi connectivity index (χ1n) is 5.55. The number of nitrogens with zero attached hydrogens (tertiary/aromatic N) is 2. The molecule has 0 amide bonds. The Labute approximate surface area is 101 Å². The number of hydrogen-bond acceptors (Lipinski definition) is 4. The molecule has 16 heavy (non-hydrogen) atoms. The smallest absolute Gasteiger partial charge is 0.168 e. The van der Waals surface area contributed by atoms with Gasteiger partial charge in [-0.1, -0.05) is 25.6 Å². The lowest BCUT2D eigenvalue weighted by molar-refractivity contribution is 0.274. The van der Waals surface area contributed by atoms with Crippen molar-refractivity contribution >= 4 is 11.8 Å². The number of nitrogens with two attached hydrogens (primary N) is 1. The van der Waals surface area contributed by atoms with Crippen molar-refractivity contribution in [2.75, 3.05) is 6.61 Å². The molecule has 0 spiro atoms. The van der Waals surface area contributed by atoms with Crippen LogP contribution in [0.1, 0.15) is 20.3 Å². The van der Waals surface area contributed by atoms with Crippen molar-refractivity contribution in [3.63, 3.8) is 0 Å². The van der Waals surface area contributed by atoms with Gasteiger partial charge >= 0.3 is 0 Å².